The van der Waals surface area contributed by atoms with Crippen LogP contribution >= 0.6 is 0 Å². The van der Waals surface area contributed by atoms with Gasteiger partial charge >= 0.3 is 0 Å². The second kappa shape index (κ2) is 7.44. The summed E-state index contributed by atoms with van der Waals surface area (Å²) in [6, 6.07) is 15.2. The molecule has 27 heavy (non-hydrogen) atoms. The summed E-state index contributed by atoms with van der Waals surface area (Å²) in [7, 11) is -3.68. The van der Waals surface area contributed by atoms with Crippen LogP contribution in [0.1, 0.15) is 16.7 Å². The third-order valence-corrected chi connectivity index (χ3v) is 6.74. The summed E-state index contributed by atoms with van der Waals surface area (Å²) in [6.45, 7) is 0.539. The lowest BCUT2D eigenvalue weighted by molar-refractivity contribution is 0.252. The van der Waals surface area contributed by atoms with Crippen molar-refractivity contribution in [3.05, 3.63) is 71.4 Å². The Morgan fingerprint density at radius 2 is 1.85 bits per heavy atom. The van der Waals surface area contributed by atoms with Crippen molar-refractivity contribution in [3.8, 4) is 0 Å². The van der Waals surface area contributed by atoms with Crippen LogP contribution in [0.4, 0.5) is 0 Å². The van der Waals surface area contributed by atoms with E-state index in [9.17, 15) is 13.5 Å². The van der Waals surface area contributed by atoms with Gasteiger partial charge < -0.3 is 10.1 Å². The Balaban J connectivity index is 1.49. The molecule has 6 nitrogen and oxygen atoms in total. The van der Waals surface area contributed by atoms with Gasteiger partial charge in [-0.15, -0.1) is 0 Å². The molecule has 0 radical (unpaired) electrons. The van der Waals surface area contributed by atoms with Crippen LogP contribution in [0.5, 0.6) is 0 Å². The first-order chi connectivity index (χ1) is 13.1. The van der Waals surface area contributed by atoms with E-state index in [1.54, 1.807) is 0 Å². The summed E-state index contributed by atoms with van der Waals surface area (Å²) in [5.74, 6) is 0. The van der Waals surface area contributed by atoms with Crippen LogP contribution in [-0.2, 0) is 29.6 Å². The maximum Gasteiger partial charge on any atom is 0.280 e. The summed E-state index contributed by atoms with van der Waals surface area (Å²) < 4.78 is 29.8. The number of aliphatic hydroxyl groups excluding tert-OH is 1. The van der Waals surface area contributed by atoms with Gasteiger partial charge in [0.1, 0.15) is 0 Å². The first kappa shape index (κ1) is 18.2. The number of para-hydroxylation sites is 1. The minimum atomic E-state index is -3.68. The van der Waals surface area contributed by atoms with Gasteiger partial charge in [-0.05, 0) is 35.6 Å². The fraction of sp³-hybridized carbons (Fsp3) is 0.300. The standard InChI is InChI=1S/C20H23N3O3S/c24-14-18(11-17-12-21-20-8-4-3-7-19(17)20)22-27(25,26)23-10-9-15-5-1-2-6-16(15)13-23/h1-8,12,18,21-22,24H,9-11,13-14H2. The first-order valence-electron chi connectivity index (χ1n) is 9.07. The van der Waals surface area contributed by atoms with E-state index in [2.05, 4.69) is 9.71 Å². The molecular weight excluding hydrogens is 362 g/mol. The molecule has 142 valence electrons. The number of H-pyrrole nitrogens is 1. The zero-order valence-corrected chi connectivity index (χ0v) is 15.7. The molecule has 0 fully saturated rings. The molecule has 3 aromatic rings. The van der Waals surface area contributed by atoms with Crippen LogP contribution in [0, 0.1) is 0 Å². The highest BCUT2D eigenvalue weighted by atomic mass is 32.2. The zero-order chi connectivity index (χ0) is 18.9. The van der Waals surface area contributed by atoms with Crippen LogP contribution in [0.15, 0.2) is 54.7 Å². The van der Waals surface area contributed by atoms with Crippen LogP contribution in [0.2, 0.25) is 0 Å². The van der Waals surface area contributed by atoms with Crippen LogP contribution < -0.4 is 4.72 Å². The van der Waals surface area contributed by atoms with E-state index < -0.39 is 16.3 Å². The molecule has 1 aromatic heterocycles. The Morgan fingerprint density at radius 1 is 1.11 bits per heavy atom. The highest BCUT2D eigenvalue weighted by Gasteiger charge is 2.28. The molecule has 1 atom stereocenters. The average molecular weight is 385 g/mol. The molecule has 1 aliphatic rings. The maximum atomic E-state index is 12.9. The largest absolute Gasteiger partial charge is 0.395 e. The number of hydrogen-bond donors (Lipinski definition) is 3. The van der Waals surface area contributed by atoms with Gasteiger partial charge in [-0.3, -0.25) is 0 Å². The lowest BCUT2D eigenvalue weighted by Crippen LogP contribution is -2.48. The quantitative estimate of drug-likeness (QED) is 0.606. The highest BCUT2D eigenvalue weighted by molar-refractivity contribution is 7.87. The lowest BCUT2D eigenvalue weighted by atomic mass is 10.0. The van der Waals surface area contributed by atoms with Gasteiger partial charge in [0.15, 0.2) is 0 Å². The molecule has 2 aromatic carbocycles. The molecule has 1 aliphatic heterocycles. The summed E-state index contributed by atoms with van der Waals surface area (Å²) >= 11 is 0. The van der Waals surface area contributed by atoms with Crippen LogP contribution in [0.25, 0.3) is 10.9 Å². The van der Waals surface area contributed by atoms with Crippen molar-refractivity contribution in [2.75, 3.05) is 13.2 Å². The van der Waals surface area contributed by atoms with Gasteiger partial charge in [-0.2, -0.15) is 17.4 Å². The summed E-state index contributed by atoms with van der Waals surface area (Å²) in [5, 5.41) is 10.8. The highest BCUT2D eigenvalue weighted by Crippen LogP contribution is 2.22. The molecule has 0 bridgehead atoms. The smallest absolute Gasteiger partial charge is 0.280 e. The van der Waals surface area contributed by atoms with E-state index in [-0.39, 0.29) is 6.61 Å². The van der Waals surface area contributed by atoms with Crippen molar-refractivity contribution in [3.63, 3.8) is 0 Å². The summed E-state index contributed by atoms with van der Waals surface area (Å²) in [4.78, 5) is 3.19. The molecule has 0 saturated carbocycles. The van der Waals surface area contributed by atoms with E-state index in [0.29, 0.717) is 25.9 Å². The van der Waals surface area contributed by atoms with Crippen LogP contribution in [0.3, 0.4) is 0 Å². The number of nitrogens with zero attached hydrogens (tertiary/aromatic N) is 1. The van der Waals surface area contributed by atoms with Gasteiger partial charge in [-0.25, -0.2) is 0 Å². The minimum absolute atomic E-state index is 0.261. The van der Waals surface area contributed by atoms with E-state index >= 15 is 0 Å². The fourth-order valence-electron chi connectivity index (χ4n) is 3.67. The molecule has 0 spiro atoms. The number of hydrogen-bond acceptors (Lipinski definition) is 3. The molecule has 0 saturated heterocycles. The Hall–Kier alpha value is -2.19. The third-order valence-electron chi connectivity index (χ3n) is 5.11. The molecule has 1 unspecified atom stereocenters. The SMILES string of the molecule is O=S(=O)(NC(CO)Cc1c[nH]c2ccccc12)N1CCc2ccccc2C1. The second-order valence-corrected chi connectivity index (χ2v) is 8.62. The Bertz CT molecular complexity index is 1050. The lowest BCUT2D eigenvalue weighted by Gasteiger charge is -2.29. The number of rotatable bonds is 6. The number of aliphatic hydroxyl groups is 1. The first-order valence-corrected chi connectivity index (χ1v) is 10.5. The molecule has 7 heteroatoms. The van der Waals surface area contributed by atoms with Crippen molar-refractivity contribution in [1.29, 1.82) is 0 Å². The van der Waals surface area contributed by atoms with Crippen molar-refractivity contribution in [2.45, 2.75) is 25.4 Å². The summed E-state index contributed by atoms with van der Waals surface area (Å²) in [5.41, 5.74) is 4.21. The van der Waals surface area contributed by atoms with Crippen molar-refractivity contribution < 1.29 is 13.5 Å². The van der Waals surface area contributed by atoms with Crippen LogP contribution in [-0.4, -0.2) is 42.0 Å². The number of aromatic nitrogens is 1. The molecule has 0 aliphatic carbocycles. The van der Waals surface area contributed by atoms with E-state index in [0.717, 1.165) is 22.0 Å². The average Bonchev–Trinajstić information content (AvgIpc) is 3.10. The van der Waals surface area contributed by atoms with Gasteiger partial charge in [0.25, 0.3) is 10.2 Å². The monoisotopic (exact) mass is 385 g/mol. The van der Waals surface area contributed by atoms with Crippen molar-refractivity contribution in [2.24, 2.45) is 0 Å². The summed E-state index contributed by atoms with van der Waals surface area (Å²) in [6.07, 6.45) is 2.99. The Morgan fingerprint density at radius 3 is 2.67 bits per heavy atom. The Kier molecular flexibility index (Phi) is 5.01. The molecule has 3 N–H and O–H groups in total. The molecular formula is C20H23N3O3S. The fourth-order valence-corrected chi connectivity index (χ4v) is 5.04. The second-order valence-electron chi connectivity index (χ2n) is 6.92. The van der Waals surface area contributed by atoms with Gasteiger partial charge in [-0.1, -0.05) is 42.5 Å². The molecule has 0 amide bonds. The normalized spacial score (nSPS) is 16.3. The number of aromatic amines is 1. The Labute approximate surface area is 159 Å². The van der Waals surface area contributed by atoms with Gasteiger partial charge in [0.05, 0.1) is 12.6 Å². The molecule has 4 rings (SSSR count). The van der Waals surface area contributed by atoms with Gasteiger partial charge in [0, 0.05) is 30.2 Å². The third kappa shape index (κ3) is 3.77. The zero-order valence-electron chi connectivity index (χ0n) is 14.9. The van der Waals surface area contributed by atoms with Gasteiger partial charge in [0.2, 0.25) is 0 Å². The van der Waals surface area contributed by atoms with Crippen molar-refractivity contribution in [1.82, 2.24) is 14.0 Å². The number of benzene rings is 2. The maximum absolute atomic E-state index is 12.9. The van der Waals surface area contributed by atoms with E-state index in [1.807, 2.05) is 54.7 Å². The van der Waals surface area contributed by atoms with E-state index in [1.165, 1.54) is 9.87 Å². The predicted molar refractivity (Wildman–Crippen MR) is 105 cm³/mol. The topological polar surface area (TPSA) is 85.4 Å². The van der Waals surface area contributed by atoms with Crippen molar-refractivity contribution >= 4 is 21.1 Å². The number of fused-ring (bicyclic) bond motifs is 2. The number of nitrogens with one attached hydrogen (secondary N) is 2. The molecule has 2 heterocycles. The minimum Gasteiger partial charge on any atom is -0.395 e. The van der Waals surface area contributed by atoms with E-state index in [4.69, 9.17) is 0 Å². The predicted octanol–water partition coefficient (Wildman–Crippen LogP) is 1.96.